The van der Waals surface area contributed by atoms with E-state index >= 15 is 0 Å². The SMILES string of the molecule is CC(=O)NCCNC(=O)c1ccc(NC(=O)c2sc(C)nc2C)cc1. The molecule has 25 heavy (non-hydrogen) atoms. The highest BCUT2D eigenvalue weighted by Crippen LogP contribution is 2.19. The van der Waals surface area contributed by atoms with Gasteiger partial charge in [-0.05, 0) is 38.1 Å². The maximum Gasteiger partial charge on any atom is 0.267 e. The summed E-state index contributed by atoms with van der Waals surface area (Å²) in [5.74, 6) is -0.589. The molecule has 2 aromatic rings. The van der Waals surface area contributed by atoms with Crippen LogP contribution in [0.1, 0.15) is 37.7 Å². The number of amides is 3. The van der Waals surface area contributed by atoms with Gasteiger partial charge >= 0.3 is 0 Å². The number of thiazole rings is 1. The maximum absolute atomic E-state index is 12.2. The molecule has 132 valence electrons. The van der Waals surface area contributed by atoms with Crippen molar-refractivity contribution in [2.24, 2.45) is 0 Å². The number of aryl methyl sites for hydroxylation is 2. The zero-order chi connectivity index (χ0) is 18.4. The van der Waals surface area contributed by atoms with Crippen molar-refractivity contribution in [1.29, 1.82) is 0 Å². The third kappa shape index (κ3) is 5.39. The minimum absolute atomic E-state index is 0.138. The van der Waals surface area contributed by atoms with Crippen LogP contribution in [-0.2, 0) is 4.79 Å². The van der Waals surface area contributed by atoms with Crippen molar-refractivity contribution < 1.29 is 14.4 Å². The molecule has 0 radical (unpaired) electrons. The third-order valence-electron chi connectivity index (χ3n) is 3.30. The predicted octanol–water partition coefficient (Wildman–Crippen LogP) is 1.88. The molecule has 0 aliphatic heterocycles. The van der Waals surface area contributed by atoms with Crippen LogP contribution in [0.3, 0.4) is 0 Å². The normalized spacial score (nSPS) is 10.2. The van der Waals surface area contributed by atoms with Crippen LogP contribution < -0.4 is 16.0 Å². The number of hydrogen-bond donors (Lipinski definition) is 3. The van der Waals surface area contributed by atoms with E-state index in [1.165, 1.54) is 18.3 Å². The van der Waals surface area contributed by atoms with Gasteiger partial charge in [-0.1, -0.05) is 0 Å². The molecule has 0 aliphatic rings. The van der Waals surface area contributed by atoms with Crippen LogP contribution in [0.4, 0.5) is 5.69 Å². The van der Waals surface area contributed by atoms with Crippen molar-refractivity contribution >= 4 is 34.7 Å². The number of nitrogens with zero attached hydrogens (tertiary/aromatic N) is 1. The standard InChI is InChI=1S/C17H20N4O3S/c1-10-15(25-12(3)20-10)17(24)21-14-6-4-13(5-7-14)16(23)19-9-8-18-11(2)22/h4-7H,8-9H2,1-3H3,(H,18,22)(H,19,23)(H,21,24). The van der Waals surface area contributed by atoms with E-state index in [-0.39, 0.29) is 17.7 Å². The Morgan fingerprint density at radius 1 is 1.00 bits per heavy atom. The molecule has 7 nitrogen and oxygen atoms in total. The number of carbonyl (C=O) groups excluding carboxylic acids is 3. The monoisotopic (exact) mass is 360 g/mol. The van der Waals surface area contributed by atoms with Gasteiger partial charge < -0.3 is 16.0 Å². The topological polar surface area (TPSA) is 100 Å². The lowest BCUT2D eigenvalue weighted by molar-refractivity contribution is -0.118. The molecule has 2 rings (SSSR count). The first-order chi connectivity index (χ1) is 11.9. The number of benzene rings is 1. The molecule has 3 amide bonds. The van der Waals surface area contributed by atoms with Crippen molar-refractivity contribution in [2.45, 2.75) is 20.8 Å². The van der Waals surface area contributed by atoms with Crippen LogP contribution >= 0.6 is 11.3 Å². The largest absolute Gasteiger partial charge is 0.355 e. The van der Waals surface area contributed by atoms with Gasteiger partial charge in [-0.2, -0.15) is 0 Å². The van der Waals surface area contributed by atoms with Crippen LogP contribution in [0.5, 0.6) is 0 Å². The van der Waals surface area contributed by atoms with E-state index < -0.39 is 0 Å². The molecule has 0 bridgehead atoms. The Balaban J connectivity index is 1.91. The van der Waals surface area contributed by atoms with Crippen molar-refractivity contribution in [3.8, 4) is 0 Å². The molecule has 1 aromatic carbocycles. The molecule has 0 spiro atoms. The minimum Gasteiger partial charge on any atom is -0.355 e. The number of aromatic nitrogens is 1. The van der Waals surface area contributed by atoms with Gasteiger partial charge in [0.05, 0.1) is 10.7 Å². The maximum atomic E-state index is 12.2. The molecule has 0 atom stereocenters. The Kier molecular flexibility index (Phi) is 6.24. The van der Waals surface area contributed by atoms with E-state index in [0.29, 0.717) is 34.9 Å². The van der Waals surface area contributed by atoms with Gasteiger partial charge in [0.25, 0.3) is 11.8 Å². The first-order valence-corrected chi connectivity index (χ1v) is 8.56. The van der Waals surface area contributed by atoms with Gasteiger partial charge in [0, 0.05) is 31.3 Å². The number of carbonyl (C=O) groups is 3. The molecule has 3 N–H and O–H groups in total. The van der Waals surface area contributed by atoms with Crippen LogP contribution in [-0.4, -0.2) is 35.8 Å². The predicted molar refractivity (Wildman–Crippen MR) is 97.0 cm³/mol. The second-order valence-electron chi connectivity index (χ2n) is 5.42. The Labute approximate surface area is 149 Å². The van der Waals surface area contributed by atoms with Crippen LogP contribution in [0, 0.1) is 13.8 Å². The van der Waals surface area contributed by atoms with Gasteiger partial charge in [-0.25, -0.2) is 4.98 Å². The van der Waals surface area contributed by atoms with E-state index in [1.54, 1.807) is 31.2 Å². The summed E-state index contributed by atoms with van der Waals surface area (Å²) in [6.45, 7) is 5.80. The lowest BCUT2D eigenvalue weighted by atomic mass is 10.2. The molecule has 0 aliphatic carbocycles. The molecule has 0 saturated carbocycles. The van der Waals surface area contributed by atoms with Gasteiger partial charge in [0.2, 0.25) is 5.91 Å². The first-order valence-electron chi connectivity index (χ1n) is 7.75. The summed E-state index contributed by atoms with van der Waals surface area (Å²) in [5.41, 5.74) is 1.78. The number of nitrogens with one attached hydrogen (secondary N) is 3. The molecule has 8 heteroatoms. The lowest BCUT2D eigenvalue weighted by Crippen LogP contribution is -2.33. The molecule has 0 unspecified atom stereocenters. The van der Waals surface area contributed by atoms with Gasteiger partial charge in [-0.15, -0.1) is 11.3 Å². The average molecular weight is 360 g/mol. The van der Waals surface area contributed by atoms with Crippen molar-refractivity contribution in [3.63, 3.8) is 0 Å². The van der Waals surface area contributed by atoms with Crippen molar-refractivity contribution in [1.82, 2.24) is 15.6 Å². The van der Waals surface area contributed by atoms with Crippen LogP contribution in [0.2, 0.25) is 0 Å². The highest BCUT2D eigenvalue weighted by molar-refractivity contribution is 7.13. The van der Waals surface area contributed by atoms with Crippen molar-refractivity contribution in [3.05, 3.63) is 45.4 Å². The zero-order valence-corrected chi connectivity index (χ0v) is 15.1. The average Bonchev–Trinajstić information content (AvgIpc) is 2.90. The van der Waals surface area contributed by atoms with Crippen LogP contribution in [0.25, 0.3) is 0 Å². The van der Waals surface area contributed by atoms with E-state index in [1.807, 2.05) is 6.92 Å². The van der Waals surface area contributed by atoms with Gasteiger partial charge in [0.1, 0.15) is 4.88 Å². The second-order valence-corrected chi connectivity index (χ2v) is 6.62. The van der Waals surface area contributed by atoms with Crippen molar-refractivity contribution in [2.75, 3.05) is 18.4 Å². The molecule has 1 heterocycles. The van der Waals surface area contributed by atoms with Gasteiger partial charge in [0.15, 0.2) is 0 Å². The summed E-state index contributed by atoms with van der Waals surface area (Å²) >= 11 is 1.35. The zero-order valence-electron chi connectivity index (χ0n) is 14.3. The lowest BCUT2D eigenvalue weighted by Gasteiger charge is -2.07. The fraction of sp³-hybridized carbons (Fsp3) is 0.294. The Morgan fingerprint density at radius 3 is 2.20 bits per heavy atom. The highest BCUT2D eigenvalue weighted by Gasteiger charge is 2.14. The van der Waals surface area contributed by atoms with Gasteiger partial charge in [-0.3, -0.25) is 14.4 Å². The first kappa shape index (κ1) is 18.6. The molecule has 0 fully saturated rings. The molecule has 0 saturated heterocycles. The van der Waals surface area contributed by atoms with E-state index in [0.717, 1.165) is 5.01 Å². The summed E-state index contributed by atoms with van der Waals surface area (Å²) in [4.78, 5) is 39.8. The molecular weight excluding hydrogens is 340 g/mol. The molecular formula is C17H20N4O3S. The third-order valence-corrected chi connectivity index (χ3v) is 4.37. The summed E-state index contributed by atoms with van der Waals surface area (Å²) in [6.07, 6.45) is 0. The smallest absolute Gasteiger partial charge is 0.267 e. The molecule has 1 aromatic heterocycles. The number of anilines is 1. The summed E-state index contributed by atoms with van der Waals surface area (Å²) in [5, 5.41) is 8.94. The number of rotatable bonds is 6. The Hall–Kier alpha value is -2.74. The van der Waals surface area contributed by atoms with Crippen LogP contribution in [0.15, 0.2) is 24.3 Å². The summed E-state index contributed by atoms with van der Waals surface area (Å²) in [6, 6.07) is 6.61. The van der Waals surface area contributed by atoms with E-state index in [4.69, 9.17) is 0 Å². The van der Waals surface area contributed by atoms with E-state index in [2.05, 4.69) is 20.9 Å². The Morgan fingerprint density at radius 2 is 1.64 bits per heavy atom. The number of hydrogen-bond acceptors (Lipinski definition) is 5. The fourth-order valence-corrected chi connectivity index (χ4v) is 2.97. The minimum atomic E-state index is -0.239. The fourth-order valence-electron chi connectivity index (χ4n) is 2.15. The highest BCUT2D eigenvalue weighted by atomic mass is 32.1. The second kappa shape index (κ2) is 8.39. The summed E-state index contributed by atoms with van der Waals surface area (Å²) in [7, 11) is 0. The quantitative estimate of drug-likeness (QED) is 0.685. The Bertz CT molecular complexity index is 784. The summed E-state index contributed by atoms with van der Waals surface area (Å²) < 4.78 is 0. The van der Waals surface area contributed by atoms with E-state index in [9.17, 15) is 14.4 Å².